The maximum absolute atomic E-state index is 7.82. The molecule has 0 aliphatic rings. The highest BCUT2D eigenvalue weighted by atomic mass is 15.1. The molecule has 0 aliphatic heterocycles. The summed E-state index contributed by atoms with van der Waals surface area (Å²) in [5.41, 5.74) is 0. The van der Waals surface area contributed by atoms with Gasteiger partial charge >= 0.3 is 0 Å². The predicted octanol–water partition coefficient (Wildman–Crippen LogP) is 3.05. The molecule has 0 rings (SSSR count). The molecule has 0 aromatic rings. The molecule has 0 spiro atoms. The highest BCUT2D eigenvalue weighted by molar-refractivity contribution is 4.65. The average molecular weight is 184 g/mol. The van der Waals surface area contributed by atoms with Crippen LogP contribution in [0.5, 0.6) is 0 Å². The molecular formula is C11H24N2. The van der Waals surface area contributed by atoms with E-state index in [0.717, 1.165) is 6.42 Å². The van der Waals surface area contributed by atoms with Crippen LogP contribution in [0.4, 0.5) is 0 Å². The van der Waals surface area contributed by atoms with E-state index in [1.807, 2.05) is 13.0 Å². The van der Waals surface area contributed by atoms with E-state index in [1.54, 1.807) is 0 Å². The summed E-state index contributed by atoms with van der Waals surface area (Å²) in [5, 5.41) is 7.82. The second-order valence-electron chi connectivity index (χ2n) is 3.48. The summed E-state index contributed by atoms with van der Waals surface area (Å²) in [4.78, 5) is 2.35. The minimum atomic E-state index is 0.694. The van der Waals surface area contributed by atoms with Gasteiger partial charge in [0.15, 0.2) is 0 Å². The fourth-order valence-electron chi connectivity index (χ4n) is 0.723. The molecule has 0 amide bonds. The van der Waals surface area contributed by atoms with E-state index in [1.165, 1.54) is 13.0 Å². The zero-order valence-electron chi connectivity index (χ0n) is 9.80. The summed E-state index contributed by atoms with van der Waals surface area (Å²) >= 11 is 0. The van der Waals surface area contributed by atoms with E-state index >= 15 is 0 Å². The fraction of sp³-hybridized carbons (Fsp3) is 0.909. The van der Waals surface area contributed by atoms with Crippen LogP contribution in [0, 0.1) is 11.3 Å². The minimum absolute atomic E-state index is 0.694. The molecule has 2 heteroatoms. The van der Waals surface area contributed by atoms with Gasteiger partial charge in [-0.2, -0.15) is 5.26 Å². The molecule has 0 N–H and O–H groups in total. The third-order valence-electron chi connectivity index (χ3n) is 1.82. The van der Waals surface area contributed by atoms with Crippen molar-refractivity contribution in [2.45, 2.75) is 53.0 Å². The van der Waals surface area contributed by atoms with E-state index < -0.39 is 0 Å². The van der Waals surface area contributed by atoms with Crippen molar-refractivity contribution in [2.24, 2.45) is 0 Å². The first-order chi connectivity index (χ1) is 6.09. The molecule has 2 nitrogen and oxygen atoms in total. The SMILES string of the molecule is CCCC#N.CCCN(C)C(C)C. The summed E-state index contributed by atoms with van der Waals surface area (Å²) in [5.74, 6) is 0. The average Bonchev–Trinajstić information content (AvgIpc) is 2.07. The topological polar surface area (TPSA) is 27.0 Å². The lowest BCUT2D eigenvalue weighted by Gasteiger charge is -2.19. The van der Waals surface area contributed by atoms with Crippen molar-refractivity contribution in [3.8, 4) is 6.07 Å². The third-order valence-corrected chi connectivity index (χ3v) is 1.82. The van der Waals surface area contributed by atoms with Crippen LogP contribution in [0.15, 0.2) is 0 Å². The molecule has 13 heavy (non-hydrogen) atoms. The minimum Gasteiger partial charge on any atom is -0.304 e. The van der Waals surface area contributed by atoms with Crippen molar-refractivity contribution in [1.82, 2.24) is 4.90 Å². The largest absolute Gasteiger partial charge is 0.304 e. The van der Waals surface area contributed by atoms with Crippen molar-refractivity contribution in [2.75, 3.05) is 13.6 Å². The quantitative estimate of drug-likeness (QED) is 0.671. The lowest BCUT2D eigenvalue weighted by Crippen LogP contribution is -2.26. The van der Waals surface area contributed by atoms with Gasteiger partial charge in [-0.25, -0.2) is 0 Å². The van der Waals surface area contributed by atoms with Gasteiger partial charge in [-0.1, -0.05) is 13.8 Å². The zero-order valence-corrected chi connectivity index (χ0v) is 9.80. The van der Waals surface area contributed by atoms with Crippen LogP contribution in [0.2, 0.25) is 0 Å². The normalized spacial score (nSPS) is 9.38. The monoisotopic (exact) mass is 184 g/mol. The third kappa shape index (κ3) is 14.3. The Morgan fingerprint density at radius 3 is 1.85 bits per heavy atom. The van der Waals surface area contributed by atoms with E-state index in [-0.39, 0.29) is 0 Å². The number of nitriles is 1. The van der Waals surface area contributed by atoms with Gasteiger partial charge in [0, 0.05) is 12.5 Å². The fourth-order valence-corrected chi connectivity index (χ4v) is 0.723. The van der Waals surface area contributed by atoms with Crippen molar-refractivity contribution in [3.63, 3.8) is 0 Å². The number of hydrogen-bond acceptors (Lipinski definition) is 2. The lowest BCUT2D eigenvalue weighted by molar-refractivity contribution is 0.275. The Morgan fingerprint density at radius 1 is 1.23 bits per heavy atom. The summed E-state index contributed by atoms with van der Waals surface area (Å²) in [6, 6.07) is 2.72. The van der Waals surface area contributed by atoms with Crippen molar-refractivity contribution in [3.05, 3.63) is 0 Å². The first-order valence-corrected chi connectivity index (χ1v) is 5.17. The summed E-state index contributed by atoms with van der Waals surface area (Å²) < 4.78 is 0. The zero-order chi connectivity index (χ0) is 10.7. The van der Waals surface area contributed by atoms with Gasteiger partial charge in [0.25, 0.3) is 0 Å². The maximum atomic E-state index is 7.82. The Morgan fingerprint density at radius 2 is 1.77 bits per heavy atom. The molecule has 0 aromatic carbocycles. The highest BCUT2D eigenvalue weighted by Gasteiger charge is 1.98. The van der Waals surface area contributed by atoms with Gasteiger partial charge in [-0.3, -0.25) is 0 Å². The molecule has 0 bridgehead atoms. The van der Waals surface area contributed by atoms with E-state index in [4.69, 9.17) is 5.26 Å². The Balaban J connectivity index is 0. The van der Waals surface area contributed by atoms with Crippen LogP contribution in [0.3, 0.4) is 0 Å². The number of rotatable bonds is 4. The smallest absolute Gasteiger partial charge is 0.0621 e. The van der Waals surface area contributed by atoms with Gasteiger partial charge in [-0.15, -0.1) is 0 Å². The van der Waals surface area contributed by atoms with E-state index in [0.29, 0.717) is 12.5 Å². The Labute approximate surface area is 83.5 Å². The number of unbranched alkanes of at least 4 members (excludes halogenated alkanes) is 1. The first kappa shape index (κ1) is 14.9. The van der Waals surface area contributed by atoms with Crippen molar-refractivity contribution in [1.29, 1.82) is 5.26 Å². The number of nitrogens with zero attached hydrogens (tertiary/aromatic N) is 2. The van der Waals surface area contributed by atoms with Crippen LogP contribution in [-0.4, -0.2) is 24.5 Å². The molecule has 0 atom stereocenters. The first-order valence-electron chi connectivity index (χ1n) is 5.17. The van der Waals surface area contributed by atoms with Gasteiger partial charge in [0.2, 0.25) is 0 Å². The number of hydrogen-bond donors (Lipinski definition) is 0. The van der Waals surface area contributed by atoms with Crippen LogP contribution in [0.25, 0.3) is 0 Å². The summed E-state index contributed by atoms with van der Waals surface area (Å²) in [6.45, 7) is 9.85. The van der Waals surface area contributed by atoms with Gasteiger partial charge in [0.1, 0.15) is 0 Å². The van der Waals surface area contributed by atoms with Crippen LogP contribution in [-0.2, 0) is 0 Å². The molecule has 0 saturated heterocycles. The van der Waals surface area contributed by atoms with Crippen molar-refractivity contribution >= 4 is 0 Å². The Kier molecular flexibility index (Phi) is 13.2. The molecule has 0 saturated carbocycles. The predicted molar refractivity (Wildman–Crippen MR) is 58.6 cm³/mol. The summed E-state index contributed by atoms with van der Waals surface area (Å²) in [6.07, 6.45) is 2.94. The van der Waals surface area contributed by atoms with Gasteiger partial charge in [-0.05, 0) is 40.3 Å². The van der Waals surface area contributed by atoms with Crippen LogP contribution in [0.1, 0.15) is 47.0 Å². The Hall–Kier alpha value is -0.550. The molecule has 0 fully saturated rings. The van der Waals surface area contributed by atoms with Crippen LogP contribution >= 0.6 is 0 Å². The molecule has 0 radical (unpaired) electrons. The van der Waals surface area contributed by atoms with E-state index in [2.05, 4.69) is 32.7 Å². The second-order valence-corrected chi connectivity index (χ2v) is 3.48. The molecule has 0 heterocycles. The lowest BCUT2D eigenvalue weighted by atomic mass is 10.3. The van der Waals surface area contributed by atoms with Gasteiger partial charge < -0.3 is 4.90 Å². The van der Waals surface area contributed by atoms with Crippen LogP contribution < -0.4 is 0 Å². The molecule has 0 aliphatic carbocycles. The standard InChI is InChI=1S/C7H17N.C4H7N/c1-5-6-8(4)7(2)3;1-2-3-4-5/h7H,5-6H2,1-4H3;2-3H2,1H3. The van der Waals surface area contributed by atoms with E-state index in [9.17, 15) is 0 Å². The molecule has 0 unspecified atom stereocenters. The molecule has 78 valence electrons. The molecule has 0 aromatic heterocycles. The van der Waals surface area contributed by atoms with Crippen molar-refractivity contribution < 1.29 is 0 Å². The Bertz CT molecular complexity index is 125. The maximum Gasteiger partial charge on any atom is 0.0621 e. The van der Waals surface area contributed by atoms with Gasteiger partial charge in [0.05, 0.1) is 6.07 Å². The molecular weight excluding hydrogens is 160 g/mol. The highest BCUT2D eigenvalue weighted by Crippen LogP contribution is 1.93. The summed E-state index contributed by atoms with van der Waals surface area (Å²) in [7, 11) is 2.16. The second kappa shape index (κ2) is 11.4.